The van der Waals surface area contributed by atoms with Gasteiger partial charge in [-0.2, -0.15) is 0 Å². The maximum absolute atomic E-state index is 11.5. The normalized spacial score (nSPS) is 10.5. The van der Waals surface area contributed by atoms with Crippen molar-refractivity contribution < 1.29 is 9.59 Å². The van der Waals surface area contributed by atoms with Crippen molar-refractivity contribution in [2.24, 2.45) is 5.92 Å². The fraction of sp³-hybridized carbons (Fsp3) is 0.500. The number of thiophene rings is 1. The van der Waals surface area contributed by atoms with E-state index in [1.54, 1.807) is 0 Å². The number of carbonyl (C=O) groups is 2. The molecule has 0 saturated carbocycles. The highest BCUT2D eigenvalue weighted by atomic mass is 35.5. The molecule has 1 aromatic rings. The first-order chi connectivity index (χ1) is 8.97. The average Bonchev–Trinajstić information content (AvgIpc) is 2.71. The molecule has 19 heavy (non-hydrogen) atoms. The van der Waals surface area contributed by atoms with Gasteiger partial charge in [0.25, 0.3) is 0 Å². The predicted molar refractivity (Wildman–Crippen MR) is 81.2 cm³/mol. The van der Waals surface area contributed by atoms with Crippen molar-refractivity contribution in [3.8, 4) is 0 Å². The summed E-state index contributed by atoms with van der Waals surface area (Å²) < 4.78 is 0.751. The summed E-state index contributed by atoms with van der Waals surface area (Å²) in [5.41, 5.74) is 4.79. The molecule has 0 aliphatic rings. The molecule has 0 aliphatic carbocycles. The lowest BCUT2D eigenvalue weighted by Gasteiger charge is -2.08. The van der Waals surface area contributed by atoms with Gasteiger partial charge >= 0.3 is 0 Å². The Morgan fingerprint density at radius 2 is 2.00 bits per heavy atom. The highest BCUT2D eigenvalue weighted by molar-refractivity contribution is 7.99. The molecule has 2 N–H and O–H groups in total. The van der Waals surface area contributed by atoms with E-state index in [1.807, 2.05) is 26.0 Å². The molecule has 106 valence electrons. The number of amides is 2. The molecule has 0 saturated heterocycles. The van der Waals surface area contributed by atoms with E-state index >= 15 is 0 Å². The van der Waals surface area contributed by atoms with Gasteiger partial charge in [0.15, 0.2) is 0 Å². The molecule has 1 rings (SSSR count). The van der Waals surface area contributed by atoms with E-state index in [9.17, 15) is 9.59 Å². The van der Waals surface area contributed by atoms with Crippen LogP contribution in [0.4, 0.5) is 0 Å². The lowest BCUT2D eigenvalue weighted by molar-refractivity contribution is -0.128. The first-order valence-electron chi connectivity index (χ1n) is 5.87. The predicted octanol–water partition coefficient (Wildman–Crippen LogP) is 2.83. The van der Waals surface area contributed by atoms with Gasteiger partial charge < -0.3 is 0 Å². The van der Waals surface area contributed by atoms with Crippen molar-refractivity contribution in [2.75, 3.05) is 5.75 Å². The van der Waals surface area contributed by atoms with Gasteiger partial charge in [-0.1, -0.05) is 25.4 Å². The number of rotatable bonds is 6. The standard InChI is InChI=1S/C12H17ClN2O2S2/c1-8(2)5-11(16)14-15-12(17)7-18-6-9-3-4-10(13)19-9/h3-4,8H,5-7H2,1-2H3,(H,14,16)(H,15,17). The van der Waals surface area contributed by atoms with E-state index in [0.717, 1.165) is 15.0 Å². The van der Waals surface area contributed by atoms with Crippen molar-refractivity contribution in [3.05, 3.63) is 21.3 Å². The quantitative estimate of drug-likeness (QED) is 0.792. The summed E-state index contributed by atoms with van der Waals surface area (Å²) in [7, 11) is 0. The number of thioether (sulfide) groups is 1. The van der Waals surface area contributed by atoms with Crippen molar-refractivity contribution in [3.63, 3.8) is 0 Å². The minimum Gasteiger partial charge on any atom is -0.273 e. The van der Waals surface area contributed by atoms with Crippen molar-refractivity contribution >= 4 is 46.5 Å². The summed E-state index contributed by atoms with van der Waals surface area (Å²) in [5, 5.41) is 0. The van der Waals surface area contributed by atoms with Crippen LogP contribution in [0, 0.1) is 5.92 Å². The minimum absolute atomic E-state index is 0.168. The lowest BCUT2D eigenvalue weighted by Crippen LogP contribution is -2.42. The third-order valence-corrected chi connectivity index (χ3v) is 4.44. The molecular weight excluding hydrogens is 304 g/mol. The number of hydrogen-bond acceptors (Lipinski definition) is 4. The zero-order valence-corrected chi connectivity index (χ0v) is 13.3. The zero-order chi connectivity index (χ0) is 14.3. The molecule has 1 heterocycles. The van der Waals surface area contributed by atoms with Crippen LogP contribution in [0.5, 0.6) is 0 Å². The lowest BCUT2D eigenvalue weighted by atomic mass is 10.1. The molecule has 0 bridgehead atoms. The van der Waals surface area contributed by atoms with Crippen LogP contribution in [0.1, 0.15) is 25.1 Å². The van der Waals surface area contributed by atoms with E-state index < -0.39 is 0 Å². The summed E-state index contributed by atoms with van der Waals surface area (Å²) in [6, 6.07) is 3.79. The Kier molecular flexibility index (Phi) is 7.27. The van der Waals surface area contributed by atoms with Gasteiger partial charge in [-0.25, -0.2) is 0 Å². The minimum atomic E-state index is -0.204. The molecule has 0 atom stereocenters. The van der Waals surface area contributed by atoms with Crippen molar-refractivity contribution in [1.29, 1.82) is 0 Å². The number of carbonyl (C=O) groups excluding carboxylic acids is 2. The first-order valence-corrected chi connectivity index (χ1v) is 8.22. The van der Waals surface area contributed by atoms with E-state index in [-0.39, 0.29) is 17.7 Å². The number of nitrogens with one attached hydrogen (secondary N) is 2. The Labute approximate surface area is 126 Å². The van der Waals surface area contributed by atoms with E-state index in [2.05, 4.69) is 10.9 Å². The fourth-order valence-corrected chi connectivity index (χ4v) is 3.30. The molecule has 0 spiro atoms. The fourth-order valence-electron chi connectivity index (χ4n) is 1.27. The summed E-state index contributed by atoms with van der Waals surface area (Å²) >= 11 is 8.80. The Morgan fingerprint density at radius 1 is 1.32 bits per heavy atom. The van der Waals surface area contributed by atoms with E-state index in [1.165, 1.54) is 23.1 Å². The largest absolute Gasteiger partial charge is 0.273 e. The Morgan fingerprint density at radius 3 is 2.58 bits per heavy atom. The molecule has 7 heteroatoms. The maximum Gasteiger partial charge on any atom is 0.248 e. The smallest absolute Gasteiger partial charge is 0.248 e. The van der Waals surface area contributed by atoms with Gasteiger partial charge in [0.05, 0.1) is 10.1 Å². The molecule has 0 aromatic carbocycles. The highest BCUT2D eigenvalue weighted by Crippen LogP contribution is 2.24. The van der Waals surface area contributed by atoms with Crippen molar-refractivity contribution in [2.45, 2.75) is 26.0 Å². The van der Waals surface area contributed by atoms with Gasteiger partial charge in [-0.15, -0.1) is 23.1 Å². The molecule has 4 nitrogen and oxygen atoms in total. The van der Waals surface area contributed by atoms with Gasteiger partial charge in [0, 0.05) is 17.1 Å². The number of hydrazine groups is 1. The van der Waals surface area contributed by atoms with Crippen molar-refractivity contribution in [1.82, 2.24) is 10.9 Å². The van der Waals surface area contributed by atoms with Gasteiger partial charge in [0.1, 0.15) is 0 Å². The second-order valence-corrected chi connectivity index (χ2v) is 7.18. The zero-order valence-electron chi connectivity index (χ0n) is 10.9. The Hall–Kier alpha value is -0.720. The van der Waals surface area contributed by atoms with Crippen LogP contribution in [-0.4, -0.2) is 17.6 Å². The highest BCUT2D eigenvalue weighted by Gasteiger charge is 2.07. The number of halogens is 1. The third-order valence-electron chi connectivity index (χ3n) is 2.04. The van der Waals surface area contributed by atoms with Crippen LogP contribution in [-0.2, 0) is 15.3 Å². The second kappa shape index (κ2) is 8.45. The summed E-state index contributed by atoms with van der Waals surface area (Å²) in [5.74, 6) is 0.945. The Balaban J connectivity index is 2.13. The summed E-state index contributed by atoms with van der Waals surface area (Å²) in [4.78, 5) is 23.9. The Bertz CT molecular complexity index is 435. The van der Waals surface area contributed by atoms with E-state index in [4.69, 9.17) is 11.6 Å². The molecule has 0 fully saturated rings. The van der Waals surface area contributed by atoms with Gasteiger partial charge in [-0.3, -0.25) is 20.4 Å². The van der Waals surface area contributed by atoms with Crippen LogP contribution < -0.4 is 10.9 Å². The SMILES string of the molecule is CC(C)CC(=O)NNC(=O)CSCc1ccc(Cl)s1. The average molecular weight is 321 g/mol. The monoisotopic (exact) mass is 320 g/mol. The number of hydrogen-bond donors (Lipinski definition) is 2. The van der Waals surface area contributed by atoms with Crippen LogP contribution >= 0.6 is 34.7 Å². The molecule has 1 aromatic heterocycles. The third kappa shape index (κ3) is 7.44. The van der Waals surface area contributed by atoms with E-state index in [0.29, 0.717) is 12.2 Å². The topological polar surface area (TPSA) is 58.2 Å². The summed E-state index contributed by atoms with van der Waals surface area (Å²) in [6.07, 6.45) is 0.404. The molecule has 0 radical (unpaired) electrons. The first kappa shape index (κ1) is 16.3. The summed E-state index contributed by atoms with van der Waals surface area (Å²) in [6.45, 7) is 3.90. The van der Waals surface area contributed by atoms with Crippen LogP contribution in [0.15, 0.2) is 12.1 Å². The second-order valence-electron chi connectivity index (χ2n) is 4.39. The van der Waals surface area contributed by atoms with Gasteiger partial charge in [0.2, 0.25) is 11.8 Å². The van der Waals surface area contributed by atoms with Crippen LogP contribution in [0.3, 0.4) is 0 Å². The molecule has 0 aliphatic heterocycles. The molecule has 2 amide bonds. The van der Waals surface area contributed by atoms with Crippen LogP contribution in [0.25, 0.3) is 0 Å². The molecule has 0 unspecified atom stereocenters. The molecular formula is C12H17ClN2O2S2. The maximum atomic E-state index is 11.5. The van der Waals surface area contributed by atoms with Gasteiger partial charge in [-0.05, 0) is 18.1 Å². The van der Waals surface area contributed by atoms with Crippen LogP contribution in [0.2, 0.25) is 4.34 Å².